The van der Waals surface area contributed by atoms with Crippen molar-refractivity contribution in [2.24, 2.45) is 0 Å². The van der Waals surface area contributed by atoms with E-state index in [2.05, 4.69) is 30.4 Å². The quantitative estimate of drug-likeness (QED) is 0.773. The van der Waals surface area contributed by atoms with Crippen molar-refractivity contribution in [1.82, 2.24) is 5.32 Å². The van der Waals surface area contributed by atoms with Crippen LogP contribution in [0.25, 0.3) is 0 Å². The maximum Gasteiger partial charge on any atom is 0.0931 e. The van der Waals surface area contributed by atoms with Gasteiger partial charge in [0.2, 0.25) is 0 Å². The molecule has 0 aliphatic rings. The first-order valence-corrected chi connectivity index (χ1v) is 7.93. The molecule has 1 unspecified atom stereocenters. The topological polar surface area (TPSA) is 12.0 Å². The van der Waals surface area contributed by atoms with Crippen LogP contribution in [0.2, 0.25) is 9.36 Å². The van der Waals surface area contributed by atoms with Gasteiger partial charge in [-0.3, -0.25) is 0 Å². The molecule has 2 rings (SSSR count). The molecule has 1 aromatic heterocycles. The molecule has 4 heteroatoms. The van der Waals surface area contributed by atoms with Crippen LogP contribution in [0.5, 0.6) is 0 Å². The van der Waals surface area contributed by atoms with Gasteiger partial charge in [-0.05, 0) is 49.2 Å². The van der Waals surface area contributed by atoms with Gasteiger partial charge in [-0.15, -0.1) is 11.3 Å². The average Bonchev–Trinajstić information content (AvgIpc) is 2.80. The molecule has 0 bridgehead atoms. The van der Waals surface area contributed by atoms with Crippen LogP contribution in [0, 0.1) is 6.92 Å². The lowest BCUT2D eigenvalue weighted by molar-refractivity contribution is 0.605. The lowest BCUT2D eigenvalue weighted by Gasteiger charge is -2.18. The van der Waals surface area contributed by atoms with E-state index in [9.17, 15) is 0 Å². The van der Waals surface area contributed by atoms with Gasteiger partial charge >= 0.3 is 0 Å². The molecule has 1 nitrogen and oxygen atoms in total. The van der Waals surface area contributed by atoms with E-state index in [-0.39, 0.29) is 6.04 Å². The summed E-state index contributed by atoms with van der Waals surface area (Å²) in [5.41, 5.74) is 2.33. The number of benzene rings is 1. The molecule has 1 N–H and O–H groups in total. The molecule has 1 heterocycles. The molecule has 0 aliphatic carbocycles. The first-order chi connectivity index (χ1) is 9.11. The van der Waals surface area contributed by atoms with Gasteiger partial charge in [0, 0.05) is 9.90 Å². The molecule has 0 spiro atoms. The highest BCUT2D eigenvalue weighted by Gasteiger charge is 2.16. The summed E-state index contributed by atoms with van der Waals surface area (Å²) in [5, 5.41) is 4.38. The molecule has 19 heavy (non-hydrogen) atoms. The second-order valence-electron chi connectivity index (χ2n) is 4.54. The van der Waals surface area contributed by atoms with Crippen LogP contribution in [0.4, 0.5) is 0 Å². The van der Waals surface area contributed by atoms with Crippen molar-refractivity contribution in [3.63, 3.8) is 0 Å². The van der Waals surface area contributed by atoms with E-state index in [0.29, 0.717) is 0 Å². The number of hydrogen-bond acceptors (Lipinski definition) is 2. The summed E-state index contributed by atoms with van der Waals surface area (Å²) in [6.45, 7) is 5.17. The fourth-order valence-corrected chi connectivity index (χ4v) is 3.28. The highest BCUT2D eigenvalue weighted by molar-refractivity contribution is 7.16. The van der Waals surface area contributed by atoms with Gasteiger partial charge in [0.05, 0.1) is 10.4 Å². The molecule has 0 amide bonds. The molecule has 0 aliphatic heterocycles. The van der Waals surface area contributed by atoms with Gasteiger partial charge in [0.25, 0.3) is 0 Å². The third kappa shape index (κ3) is 3.73. The summed E-state index contributed by atoms with van der Waals surface area (Å²) < 4.78 is 0.823. The fourth-order valence-electron chi connectivity index (χ4n) is 2.00. The zero-order chi connectivity index (χ0) is 13.8. The Balaban J connectivity index is 2.33. The van der Waals surface area contributed by atoms with Crippen LogP contribution in [0.3, 0.4) is 0 Å². The van der Waals surface area contributed by atoms with Crippen LogP contribution in [-0.2, 0) is 0 Å². The molecular formula is C15H17Cl2NS. The van der Waals surface area contributed by atoms with E-state index in [1.807, 2.05) is 19.1 Å². The molecule has 0 radical (unpaired) electrons. The van der Waals surface area contributed by atoms with E-state index in [1.54, 1.807) is 11.3 Å². The second-order valence-corrected chi connectivity index (χ2v) is 6.69. The third-order valence-electron chi connectivity index (χ3n) is 2.99. The summed E-state index contributed by atoms with van der Waals surface area (Å²) in [6, 6.07) is 10.4. The predicted molar refractivity (Wildman–Crippen MR) is 85.7 cm³/mol. The van der Waals surface area contributed by atoms with Crippen molar-refractivity contribution in [3.05, 3.63) is 55.7 Å². The zero-order valence-corrected chi connectivity index (χ0v) is 13.4. The lowest BCUT2D eigenvalue weighted by Crippen LogP contribution is -2.22. The Morgan fingerprint density at radius 3 is 2.58 bits per heavy atom. The minimum absolute atomic E-state index is 0.188. The highest BCUT2D eigenvalue weighted by atomic mass is 35.5. The predicted octanol–water partition coefficient (Wildman–Crippen LogP) is 5.45. The SMILES string of the molecule is CCCNC(c1ccc(Cl)c(C)c1)c1ccc(Cl)s1. The number of nitrogens with one attached hydrogen (secondary N) is 1. The average molecular weight is 314 g/mol. The van der Waals surface area contributed by atoms with Crippen molar-refractivity contribution in [1.29, 1.82) is 0 Å². The van der Waals surface area contributed by atoms with Gasteiger partial charge in [0.15, 0.2) is 0 Å². The minimum Gasteiger partial charge on any atom is -0.306 e. The maximum atomic E-state index is 6.10. The van der Waals surface area contributed by atoms with E-state index in [4.69, 9.17) is 23.2 Å². The molecule has 0 fully saturated rings. The molecule has 1 aromatic carbocycles. The van der Waals surface area contributed by atoms with Gasteiger partial charge < -0.3 is 5.32 Å². The Morgan fingerprint density at radius 1 is 1.21 bits per heavy atom. The van der Waals surface area contributed by atoms with Gasteiger partial charge in [-0.2, -0.15) is 0 Å². The highest BCUT2D eigenvalue weighted by Crippen LogP contribution is 2.32. The molecule has 102 valence electrons. The number of rotatable bonds is 5. The molecule has 0 saturated carbocycles. The normalized spacial score (nSPS) is 12.6. The lowest BCUT2D eigenvalue weighted by atomic mass is 10.0. The van der Waals surface area contributed by atoms with Crippen LogP contribution in [-0.4, -0.2) is 6.54 Å². The Kier molecular flexibility index (Phi) is 5.28. The van der Waals surface area contributed by atoms with E-state index >= 15 is 0 Å². The third-order valence-corrected chi connectivity index (χ3v) is 4.71. The van der Waals surface area contributed by atoms with Crippen molar-refractivity contribution in [3.8, 4) is 0 Å². The summed E-state index contributed by atoms with van der Waals surface area (Å²) in [5.74, 6) is 0. The fraction of sp³-hybridized carbons (Fsp3) is 0.333. The van der Waals surface area contributed by atoms with Crippen molar-refractivity contribution < 1.29 is 0 Å². The van der Waals surface area contributed by atoms with Gasteiger partial charge in [-0.1, -0.05) is 42.3 Å². The standard InChI is InChI=1S/C15H17Cl2NS/c1-3-8-18-15(13-6-7-14(17)19-13)11-4-5-12(16)10(2)9-11/h4-7,9,15,18H,3,8H2,1-2H3. The smallest absolute Gasteiger partial charge is 0.0931 e. The van der Waals surface area contributed by atoms with Crippen molar-refractivity contribution >= 4 is 34.5 Å². The Morgan fingerprint density at radius 2 is 2.00 bits per heavy atom. The molecule has 0 saturated heterocycles. The van der Waals surface area contributed by atoms with Crippen LogP contribution in [0.1, 0.15) is 35.4 Å². The summed E-state index contributed by atoms with van der Waals surface area (Å²) in [6.07, 6.45) is 1.10. The second kappa shape index (κ2) is 6.76. The largest absolute Gasteiger partial charge is 0.306 e. The minimum atomic E-state index is 0.188. The number of aryl methyl sites for hydroxylation is 1. The summed E-state index contributed by atoms with van der Waals surface area (Å²) in [7, 11) is 0. The first-order valence-electron chi connectivity index (χ1n) is 6.36. The zero-order valence-electron chi connectivity index (χ0n) is 11.0. The van der Waals surface area contributed by atoms with Crippen molar-refractivity contribution in [2.45, 2.75) is 26.3 Å². The number of thiophene rings is 1. The molecule has 2 aromatic rings. The first kappa shape index (κ1) is 14.9. The molecule has 1 atom stereocenters. The summed E-state index contributed by atoms with van der Waals surface area (Å²) >= 11 is 13.8. The Labute approximate surface area is 128 Å². The van der Waals surface area contributed by atoms with E-state index in [0.717, 1.165) is 27.9 Å². The summed E-state index contributed by atoms with van der Waals surface area (Å²) in [4.78, 5) is 1.24. The Hall–Kier alpha value is -0.540. The number of halogens is 2. The van der Waals surface area contributed by atoms with Crippen molar-refractivity contribution in [2.75, 3.05) is 6.54 Å². The van der Waals surface area contributed by atoms with Crippen LogP contribution in [0.15, 0.2) is 30.3 Å². The monoisotopic (exact) mass is 313 g/mol. The maximum absolute atomic E-state index is 6.10. The van der Waals surface area contributed by atoms with E-state index < -0.39 is 0 Å². The molecular weight excluding hydrogens is 297 g/mol. The van der Waals surface area contributed by atoms with Crippen LogP contribution >= 0.6 is 34.5 Å². The Bertz CT molecular complexity index is 551. The van der Waals surface area contributed by atoms with Gasteiger partial charge in [-0.25, -0.2) is 0 Å². The van der Waals surface area contributed by atoms with E-state index in [1.165, 1.54) is 10.4 Å². The number of hydrogen-bond donors (Lipinski definition) is 1. The van der Waals surface area contributed by atoms with Crippen LogP contribution < -0.4 is 5.32 Å². The van der Waals surface area contributed by atoms with Gasteiger partial charge in [0.1, 0.15) is 0 Å².